The van der Waals surface area contributed by atoms with Gasteiger partial charge in [-0.05, 0) is 111 Å². The van der Waals surface area contributed by atoms with Gasteiger partial charge in [-0.1, -0.05) is 129 Å². The minimum atomic E-state index is -0.190. The number of anilines is 5. The fourth-order valence-corrected chi connectivity index (χ4v) is 8.81. The van der Waals surface area contributed by atoms with Crippen LogP contribution < -0.4 is 9.80 Å². The molecule has 0 fully saturated rings. The zero-order valence-corrected chi connectivity index (χ0v) is 29.9. The van der Waals surface area contributed by atoms with Crippen molar-refractivity contribution < 1.29 is 0 Å². The van der Waals surface area contributed by atoms with Crippen LogP contribution in [-0.4, -0.2) is 11.0 Å². The Balaban J connectivity index is 1.05. The Morgan fingerprint density at radius 3 is 1.89 bits per heavy atom. The summed E-state index contributed by atoms with van der Waals surface area (Å²) in [7, 11) is 0. The molecule has 0 amide bonds. The van der Waals surface area contributed by atoms with Crippen LogP contribution in [0, 0.1) is 0 Å². The molecule has 53 heavy (non-hydrogen) atoms. The predicted molar refractivity (Wildman–Crippen MR) is 221 cm³/mol. The molecular weight excluding hydrogens is 643 g/mol. The molecule has 1 aliphatic heterocycles. The van der Waals surface area contributed by atoms with Crippen molar-refractivity contribution in [2.24, 2.45) is 0 Å². The number of hydrogen-bond donors (Lipinski definition) is 0. The summed E-state index contributed by atoms with van der Waals surface area (Å²) in [6.45, 7) is 4.77. The Labute approximate surface area is 311 Å². The van der Waals surface area contributed by atoms with Crippen molar-refractivity contribution in [3.05, 3.63) is 205 Å². The topological polar surface area (TPSA) is 19.4 Å². The van der Waals surface area contributed by atoms with Gasteiger partial charge < -0.3 is 9.80 Å². The molecule has 254 valence electrons. The van der Waals surface area contributed by atoms with Gasteiger partial charge in [-0.25, -0.2) is 0 Å². The maximum atomic E-state index is 4.35. The number of hydrogen-bond acceptors (Lipinski definition) is 3. The Bertz CT molecular complexity index is 2450. The van der Waals surface area contributed by atoms with Crippen molar-refractivity contribution in [2.75, 3.05) is 9.80 Å². The minimum absolute atomic E-state index is 0.190. The largest absolute Gasteiger partial charge is 0.333 e. The molecule has 2 heterocycles. The molecule has 2 unspecified atom stereocenters. The van der Waals surface area contributed by atoms with E-state index in [9.17, 15) is 0 Å². The molecular formula is C50H39N3. The van der Waals surface area contributed by atoms with Crippen LogP contribution in [0.3, 0.4) is 0 Å². The fourth-order valence-electron chi connectivity index (χ4n) is 8.81. The standard InChI is InChI=1S/C50H39N3/c1-50(2)46-31-40(26-28-42(46)43-29-27-41(32-47(43)50)53-48-16-8-6-14-44(48)45-15-7-9-17-49(45)53)52(38-22-18-35(19-23-38)34-11-4-3-5-12-34)39-24-20-36(21-25-39)37-13-10-30-51-33-37/h3-33,44,48H,1-2H3. The van der Waals surface area contributed by atoms with Gasteiger partial charge >= 0.3 is 0 Å². The minimum Gasteiger partial charge on any atom is -0.333 e. The molecule has 0 radical (unpaired) electrons. The average Bonchev–Trinajstić information content (AvgIpc) is 3.67. The van der Waals surface area contributed by atoms with Gasteiger partial charge in [0.1, 0.15) is 0 Å². The van der Waals surface area contributed by atoms with Crippen LogP contribution in [0.25, 0.3) is 33.4 Å². The third-order valence-electron chi connectivity index (χ3n) is 11.5. The summed E-state index contributed by atoms with van der Waals surface area (Å²) in [5.74, 6) is 0.364. The number of para-hydroxylation sites is 1. The SMILES string of the molecule is CC1(C)c2cc(N(c3ccc(-c4ccccc4)cc3)c3ccc(-c4cccnc4)cc3)ccc2-c2ccc(N3c4ccccc4C4C=CC=CC43)cc21. The highest BCUT2D eigenvalue weighted by Gasteiger charge is 2.40. The molecule has 2 aliphatic carbocycles. The highest BCUT2D eigenvalue weighted by atomic mass is 15.2. The van der Waals surface area contributed by atoms with Crippen LogP contribution in [0.5, 0.6) is 0 Å². The summed E-state index contributed by atoms with van der Waals surface area (Å²) in [6, 6.07) is 55.8. The molecule has 6 aromatic carbocycles. The Morgan fingerprint density at radius 1 is 0.547 bits per heavy atom. The van der Waals surface area contributed by atoms with Gasteiger partial charge in [0.05, 0.1) is 6.04 Å². The van der Waals surface area contributed by atoms with Gasteiger partial charge in [0.25, 0.3) is 0 Å². The molecule has 10 rings (SSSR count). The average molecular weight is 682 g/mol. The van der Waals surface area contributed by atoms with Crippen molar-refractivity contribution in [1.82, 2.24) is 4.98 Å². The third-order valence-corrected chi connectivity index (χ3v) is 11.5. The van der Waals surface area contributed by atoms with Crippen molar-refractivity contribution in [3.63, 3.8) is 0 Å². The number of rotatable bonds is 6. The van der Waals surface area contributed by atoms with E-state index in [-0.39, 0.29) is 11.5 Å². The zero-order chi connectivity index (χ0) is 35.5. The van der Waals surface area contributed by atoms with Crippen LogP contribution >= 0.6 is 0 Å². The Morgan fingerprint density at radius 2 is 1.15 bits per heavy atom. The number of benzene rings is 6. The van der Waals surface area contributed by atoms with Crippen molar-refractivity contribution >= 4 is 28.4 Å². The van der Waals surface area contributed by atoms with E-state index < -0.39 is 0 Å². The first-order valence-electron chi connectivity index (χ1n) is 18.5. The summed E-state index contributed by atoms with van der Waals surface area (Å²) in [5, 5.41) is 0. The lowest BCUT2D eigenvalue weighted by atomic mass is 9.82. The summed E-state index contributed by atoms with van der Waals surface area (Å²) in [4.78, 5) is 9.28. The third kappa shape index (κ3) is 5.15. The second-order valence-corrected chi connectivity index (χ2v) is 14.8. The molecule has 0 saturated carbocycles. The summed E-state index contributed by atoms with van der Waals surface area (Å²) < 4.78 is 0. The van der Waals surface area contributed by atoms with Gasteiger partial charge in [-0.2, -0.15) is 0 Å². The zero-order valence-electron chi connectivity index (χ0n) is 29.9. The second-order valence-electron chi connectivity index (χ2n) is 14.8. The molecule has 0 saturated heterocycles. The maximum Gasteiger partial charge on any atom is 0.0629 e. The van der Waals surface area contributed by atoms with E-state index in [4.69, 9.17) is 0 Å². The van der Waals surface area contributed by atoms with Gasteiger partial charge in [0.2, 0.25) is 0 Å². The smallest absolute Gasteiger partial charge is 0.0629 e. The number of nitrogens with zero attached hydrogens (tertiary/aromatic N) is 3. The quantitative estimate of drug-likeness (QED) is 0.174. The second kappa shape index (κ2) is 12.4. The molecule has 7 aromatic rings. The summed E-state index contributed by atoms with van der Waals surface area (Å²) >= 11 is 0. The van der Waals surface area contributed by atoms with Crippen LogP contribution in [-0.2, 0) is 5.41 Å². The number of fused-ring (bicyclic) bond motifs is 6. The van der Waals surface area contributed by atoms with Crippen LogP contribution in [0.1, 0.15) is 36.5 Å². The lowest BCUT2D eigenvalue weighted by Gasteiger charge is -2.30. The number of pyridine rings is 1. The Kier molecular flexibility index (Phi) is 7.29. The van der Waals surface area contributed by atoms with Gasteiger partial charge in [-0.15, -0.1) is 0 Å². The van der Waals surface area contributed by atoms with Gasteiger partial charge in [-0.3, -0.25) is 4.98 Å². The van der Waals surface area contributed by atoms with Crippen LogP contribution in [0.15, 0.2) is 188 Å². The predicted octanol–water partition coefficient (Wildman–Crippen LogP) is 12.9. The normalized spacial score (nSPS) is 17.2. The fraction of sp³-hybridized carbons (Fsp3) is 0.100. The van der Waals surface area contributed by atoms with Crippen molar-refractivity contribution in [1.29, 1.82) is 0 Å². The van der Waals surface area contributed by atoms with E-state index in [1.165, 1.54) is 50.3 Å². The molecule has 0 N–H and O–H groups in total. The van der Waals surface area contributed by atoms with E-state index in [0.717, 1.165) is 28.2 Å². The van der Waals surface area contributed by atoms with E-state index in [1.54, 1.807) is 0 Å². The molecule has 2 atom stereocenters. The molecule has 1 aromatic heterocycles. The lowest BCUT2D eigenvalue weighted by molar-refractivity contribution is 0.659. The first kappa shape index (κ1) is 31.3. The molecule has 3 heteroatoms. The monoisotopic (exact) mass is 681 g/mol. The molecule has 3 nitrogen and oxygen atoms in total. The first-order chi connectivity index (χ1) is 26.0. The van der Waals surface area contributed by atoms with Crippen LogP contribution in [0.4, 0.5) is 28.4 Å². The summed E-state index contributed by atoms with van der Waals surface area (Å²) in [5.41, 5.74) is 17.2. The van der Waals surface area contributed by atoms with E-state index >= 15 is 0 Å². The van der Waals surface area contributed by atoms with E-state index in [0.29, 0.717) is 5.92 Å². The number of aromatic nitrogens is 1. The highest BCUT2D eigenvalue weighted by molar-refractivity contribution is 5.88. The number of allylic oxidation sites excluding steroid dienone is 2. The molecule has 0 spiro atoms. The molecule has 3 aliphatic rings. The lowest BCUT2D eigenvalue weighted by Crippen LogP contribution is -2.28. The van der Waals surface area contributed by atoms with Gasteiger partial charge in [0, 0.05) is 52.2 Å². The van der Waals surface area contributed by atoms with Gasteiger partial charge in [0.15, 0.2) is 0 Å². The van der Waals surface area contributed by atoms with E-state index in [1.807, 2.05) is 18.5 Å². The van der Waals surface area contributed by atoms with Crippen LogP contribution in [0.2, 0.25) is 0 Å². The van der Waals surface area contributed by atoms with E-state index in [2.05, 4.69) is 199 Å². The maximum absolute atomic E-state index is 4.35. The summed E-state index contributed by atoms with van der Waals surface area (Å²) in [6.07, 6.45) is 12.8. The van der Waals surface area contributed by atoms with Crippen molar-refractivity contribution in [2.45, 2.75) is 31.2 Å². The highest BCUT2D eigenvalue weighted by Crippen LogP contribution is 2.54. The van der Waals surface area contributed by atoms with Crippen molar-refractivity contribution in [3.8, 4) is 33.4 Å². The first-order valence-corrected chi connectivity index (χ1v) is 18.5. The Hall–Kier alpha value is -6.45. The molecule has 0 bridgehead atoms.